The summed E-state index contributed by atoms with van der Waals surface area (Å²) in [7, 11) is -3.29. The van der Waals surface area contributed by atoms with Crippen molar-refractivity contribution in [2.45, 2.75) is 13.8 Å². The van der Waals surface area contributed by atoms with Gasteiger partial charge in [0.05, 0.1) is 15.9 Å². The highest BCUT2D eigenvalue weighted by Gasteiger charge is 2.34. The van der Waals surface area contributed by atoms with Gasteiger partial charge in [0.25, 0.3) is 0 Å². The van der Waals surface area contributed by atoms with Crippen LogP contribution in [0.2, 0.25) is 0 Å². The zero-order valence-corrected chi connectivity index (χ0v) is 12.0. The standard InChI is InChI=1S/C11H13BrFNO2S/c1-7-5-14(17(15,16)6-7)11-4-10(13)9(12)3-8(11)2/h3-4,7H,5-6H2,1-2H3. The molecule has 0 radical (unpaired) electrons. The Morgan fingerprint density at radius 1 is 1.47 bits per heavy atom. The molecule has 3 nitrogen and oxygen atoms in total. The lowest BCUT2D eigenvalue weighted by Gasteiger charge is -2.19. The smallest absolute Gasteiger partial charge is 0.235 e. The molecule has 1 unspecified atom stereocenters. The Labute approximate surface area is 109 Å². The number of sulfonamides is 1. The Morgan fingerprint density at radius 3 is 2.65 bits per heavy atom. The van der Waals surface area contributed by atoms with E-state index in [4.69, 9.17) is 0 Å². The molecule has 1 atom stereocenters. The van der Waals surface area contributed by atoms with E-state index in [0.717, 1.165) is 5.56 Å². The lowest BCUT2D eigenvalue weighted by atomic mass is 10.1. The summed E-state index contributed by atoms with van der Waals surface area (Å²) in [5.41, 5.74) is 1.19. The van der Waals surface area contributed by atoms with Gasteiger partial charge in [0.2, 0.25) is 10.0 Å². The van der Waals surface area contributed by atoms with Crippen LogP contribution in [0.5, 0.6) is 0 Å². The molecule has 0 bridgehead atoms. The second-order valence-electron chi connectivity index (χ2n) is 4.47. The second kappa shape index (κ2) is 4.24. The third-order valence-corrected chi connectivity index (χ3v) is 5.43. The van der Waals surface area contributed by atoms with E-state index in [9.17, 15) is 12.8 Å². The van der Waals surface area contributed by atoms with Crippen LogP contribution in [0.4, 0.5) is 10.1 Å². The number of hydrogen-bond acceptors (Lipinski definition) is 2. The number of hydrogen-bond donors (Lipinski definition) is 0. The topological polar surface area (TPSA) is 37.4 Å². The van der Waals surface area contributed by atoms with Crippen molar-refractivity contribution in [2.75, 3.05) is 16.6 Å². The third-order valence-electron chi connectivity index (χ3n) is 2.82. The molecule has 0 N–H and O–H groups in total. The summed E-state index contributed by atoms with van der Waals surface area (Å²) in [5.74, 6) is -0.240. The molecule has 0 spiro atoms. The van der Waals surface area contributed by atoms with Gasteiger partial charge in [-0.2, -0.15) is 0 Å². The first-order chi connectivity index (χ1) is 7.81. The van der Waals surface area contributed by atoms with Gasteiger partial charge in [-0.05, 0) is 46.5 Å². The summed E-state index contributed by atoms with van der Waals surface area (Å²) in [6.07, 6.45) is 0. The van der Waals surface area contributed by atoms with Crippen LogP contribution in [0.15, 0.2) is 16.6 Å². The molecule has 0 aromatic heterocycles. The van der Waals surface area contributed by atoms with E-state index >= 15 is 0 Å². The first kappa shape index (κ1) is 12.8. The van der Waals surface area contributed by atoms with Crippen LogP contribution in [-0.2, 0) is 10.0 Å². The van der Waals surface area contributed by atoms with Crippen molar-refractivity contribution in [3.05, 3.63) is 28.0 Å². The maximum Gasteiger partial charge on any atom is 0.235 e. The van der Waals surface area contributed by atoms with Crippen molar-refractivity contribution < 1.29 is 12.8 Å². The highest BCUT2D eigenvalue weighted by molar-refractivity contribution is 9.10. The van der Waals surface area contributed by atoms with Crippen LogP contribution >= 0.6 is 15.9 Å². The van der Waals surface area contributed by atoms with Crippen molar-refractivity contribution in [1.29, 1.82) is 0 Å². The first-order valence-electron chi connectivity index (χ1n) is 5.27. The Morgan fingerprint density at radius 2 is 2.12 bits per heavy atom. The monoisotopic (exact) mass is 321 g/mol. The largest absolute Gasteiger partial charge is 0.270 e. The van der Waals surface area contributed by atoms with Gasteiger partial charge in [0.1, 0.15) is 5.82 Å². The number of anilines is 1. The van der Waals surface area contributed by atoms with Gasteiger partial charge in [0, 0.05) is 6.54 Å². The third kappa shape index (κ3) is 2.33. The average Bonchev–Trinajstić information content (AvgIpc) is 2.45. The normalized spacial score (nSPS) is 23.1. The molecule has 0 amide bonds. The summed E-state index contributed by atoms with van der Waals surface area (Å²) in [6.45, 7) is 4.07. The fourth-order valence-electron chi connectivity index (χ4n) is 2.05. The van der Waals surface area contributed by atoms with E-state index in [-0.39, 0.29) is 11.7 Å². The molecule has 94 valence electrons. The second-order valence-corrected chi connectivity index (χ2v) is 7.26. The number of halogens is 2. The lowest BCUT2D eigenvalue weighted by Crippen LogP contribution is -2.26. The van der Waals surface area contributed by atoms with E-state index in [0.29, 0.717) is 16.7 Å². The van der Waals surface area contributed by atoms with Gasteiger partial charge in [0.15, 0.2) is 0 Å². The number of rotatable bonds is 1. The van der Waals surface area contributed by atoms with E-state index in [2.05, 4.69) is 15.9 Å². The number of nitrogens with zero attached hydrogens (tertiary/aromatic N) is 1. The summed E-state index contributed by atoms with van der Waals surface area (Å²) in [5, 5.41) is 0. The summed E-state index contributed by atoms with van der Waals surface area (Å²) in [4.78, 5) is 0. The van der Waals surface area contributed by atoms with Crippen molar-refractivity contribution in [2.24, 2.45) is 5.92 Å². The highest BCUT2D eigenvalue weighted by Crippen LogP contribution is 2.32. The maximum atomic E-state index is 13.5. The minimum atomic E-state index is -3.29. The van der Waals surface area contributed by atoms with Gasteiger partial charge in [-0.1, -0.05) is 6.92 Å². The molecule has 1 aliphatic rings. The minimum absolute atomic E-state index is 0.0751. The predicted molar refractivity (Wildman–Crippen MR) is 69.1 cm³/mol. The van der Waals surface area contributed by atoms with Crippen LogP contribution < -0.4 is 4.31 Å². The predicted octanol–water partition coefficient (Wildman–Crippen LogP) is 2.68. The molecule has 0 saturated carbocycles. The van der Waals surface area contributed by atoms with Gasteiger partial charge >= 0.3 is 0 Å². The van der Waals surface area contributed by atoms with E-state index in [1.165, 1.54) is 10.4 Å². The van der Waals surface area contributed by atoms with Crippen LogP contribution in [0, 0.1) is 18.7 Å². The minimum Gasteiger partial charge on any atom is -0.270 e. The van der Waals surface area contributed by atoms with Crippen molar-refractivity contribution in [3.8, 4) is 0 Å². The molecule has 6 heteroatoms. The number of aryl methyl sites for hydroxylation is 1. The van der Waals surface area contributed by atoms with Crippen LogP contribution in [0.1, 0.15) is 12.5 Å². The molecule has 1 heterocycles. The molecule has 0 aliphatic carbocycles. The van der Waals surface area contributed by atoms with Crippen molar-refractivity contribution in [1.82, 2.24) is 0 Å². The molecular weight excluding hydrogens is 309 g/mol. The van der Waals surface area contributed by atoms with Crippen molar-refractivity contribution >= 4 is 31.6 Å². The Bertz CT molecular complexity index is 559. The molecule has 1 saturated heterocycles. The fraction of sp³-hybridized carbons (Fsp3) is 0.455. The molecule has 1 aromatic carbocycles. The van der Waals surface area contributed by atoms with E-state index in [1.807, 2.05) is 6.92 Å². The van der Waals surface area contributed by atoms with Gasteiger partial charge < -0.3 is 0 Å². The molecule has 1 fully saturated rings. The summed E-state index contributed by atoms with van der Waals surface area (Å²) in [6, 6.07) is 2.87. The fourth-order valence-corrected chi connectivity index (χ4v) is 4.49. The molecule has 1 aliphatic heterocycles. The van der Waals surface area contributed by atoms with E-state index < -0.39 is 15.8 Å². The Hall–Kier alpha value is -0.620. The first-order valence-corrected chi connectivity index (χ1v) is 7.67. The Balaban J connectivity index is 2.52. The zero-order chi connectivity index (χ0) is 12.8. The highest BCUT2D eigenvalue weighted by atomic mass is 79.9. The summed E-state index contributed by atoms with van der Waals surface area (Å²) >= 11 is 3.09. The number of benzene rings is 1. The Kier molecular flexibility index (Phi) is 3.20. The average molecular weight is 322 g/mol. The molecular formula is C11H13BrFNO2S. The SMILES string of the molecule is Cc1cc(Br)c(F)cc1N1CC(C)CS1(=O)=O. The quantitative estimate of drug-likeness (QED) is 0.797. The van der Waals surface area contributed by atoms with E-state index in [1.54, 1.807) is 13.0 Å². The van der Waals surface area contributed by atoms with Gasteiger partial charge in [-0.15, -0.1) is 0 Å². The molecule has 1 aromatic rings. The van der Waals surface area contributed by atoms with Gasteiger partial charge in [-0.3, -0.25) is 4.31 Å². The van der Waals surface area contributed by atoms with Crippen molar-refractivity contribution in [3.63, 3.8) is 0 Å². The summed E-state index contributed by atoms with van der Waals surface area (Å²) < 4.78 is 39.0. The molecule has 2 rings (SSSR count). The van der Waals surface area contributed by atoms with Crippen LogP contribution in [-0.4, -0.2) is 20.7 Å². The lowest BCUT2D eigenvalue weighted by molar-refractivity contribution is 0.597. The molecule has 17 heavy (non-hydrogen) atoms. The zero-order valence-electron chi connectivity index (χ0n) is 9.57. The maximum absolute atomic E-state index is 13.5. The van der Waals surface area contributed by atoms with Crippen LogP contribution in [0.25, 0.3) is 0 Å². The van der Waals surface area contributed by atoms with Gasteiger partial charge in [-0.25, -0.2) is 12.8 Å². The van der Waals surface area contributed by atoms with Crippen LogP contribution in [0.3, 0.4) is 0 Å².